The Hall–Kier alpha value is 0.230. The lowest BCUT2D eigenvalue weighted by Crippen LogP contribution is -2.57. The van der Waals surface area contributed by atoms with Gasteiger partial charge in [0.25, 0.3) is 0 Å². The number of rotatable bonds is 6. The van der Waals surface area contributed by atoms with E-state index in [2.05, 4.69) is 16.7 Å². The van der Waals surface area contributed by atoms with Gasteiger partial charge < -0.3 is 9.47 Å². The molecule has 3 saturated heterocycles. The van der Waals surface area contributed by atoms with Gasteiger partial charge in [0, 0.05) is 34.5 Å². The van der Waals surface area contributed by atoms with Gasteiger partial charge >= 0.3 is 0 Å². The molecule has 14 rings (SSSR count). The molecule has 14 fully saturated rings. The van der Waals surface area contributed by atoms with Crippen LogP contribution in [0.4, 0.5) is 0 Å². The van der Waals surface area contributed by atoms with Gasteiger partial charge in [-0.15, -0.1) is 0 Å². The first kappa shape index (κ1) is 44.0. The highest BCUT2D eigenvalue weighted by Gasteiger charge is 2.67. The van der Waals surface area contributed by atoms with Crippen molar-refractivity contribution in [2.75, 3.05) is 0 Å². The van der Waals surface area contributed by atoms with Crippen LogP contribution in [0.15, 0.2) is 0 Å². The molecule has 0 radical (unpaired) electrons. The quantitative estimate of drug-likeness (QED) is 0.265. The molecule has 364 valence electrons. The lowest BCUT2D eigenvalue weighted by Gasteiger charge is -2.58. The summed E-state index contributed by atoms with van der Waals surface area (Å²) in [7, 11) is 0. The predicted octanol–water partition coefficient (Wildman–Crippen LogP) is 15.6. The summed E-state index contributed by atoms with van der Waals surface area (Å²) >= 11 is 2.62. The van der Waals surface area contributed by atoms with E-state index in [1.54, 1.807) is 128 Å². The first-order valence-corrected chi connectivity index (χ1v) is 31.9. The lowest BCUT2D eigenvalue weighted by molar-refractivity contribution is -0.0951. The summed E-state index contributed by atoms with van der Waals surface area (Å²) in [5, 5.41) is 1.91. The van der Waals surface area contributed by atoms with Crippen molar-refractivity contribution < 1.29 is 9.47 Å². The van der Waals surface area contributed by atoms with Crippen molar-refractivity contribution in [3.8, 4) is 0 Å². The zero-order chi connectivity index (χ0) is 42.6. The number of nitrogens with zero attached hydrogens (tertiary/aromatic N) is 1. The number of hydrogen-bond acceptors (Lipinski definition) is 4. The van der Waals surface area contributed by atoms with Crippen molar-refractivity contribution in [3.63, 3.8) is 0 Å². The van der Waals surface area contributed by atoms with Gasteiger partial charge in [-0.3, -0.25) is 4.90 Å². The first-order valence-electron chi connectivity index (χ1n) is 31.0. The normalized spacial score (nSPS) is 53.2. The van der Waals surface area contributed by atoms with Gasteiger partial charge in [-0.1, -0.05) is 83.5 Å². The molecule has 19 unspecified atom stereocenters. The van der Waals surface area contributed by atoms with Crippen molar-refractivity contribution >= 4 is 11.8 Å². The largest absolute Gasteiger partial charge is 0.374 e. The van der Waals surface area contributed by atoms with Crippen LogP contribution < -0.4 is 0 Å². The van der Waals surface area contributed by atoms with Gasteiger partial charge in [0.2, 0.25) is 0 Å². The van der Waals surface area contributed by atoms with Crippen LogP contribution in [0.5, 0.6) is 0 Å². The minimum absolute atomic E-state index is 0.575. The molecule has 0 aromatic heterocycles. The molecule has 0 aromatic rings. The zero-order valence-electron chi connectivity index (χ0n) is 41.6. The molecule has 19 atom stereocenters. The molecule has 3 aliphatic heterocycles. The molecule has 65 heavy (non-hydrogen) atoms. The number of fused-ring (bicyclic) bond motifs is 13. The molecule has 11 saturated carbocycles. The smallest absolute Gasteiger partial charge is 0.0625 e. The topological polar surface area (TPSA) is 21.7 Å². The van der Waals surface area contributed by atoms with E-state index in [9.17, 15) is 0 Å². The molecule has 0 bridgehead atoms. The summed E-state index contributed by atoms with van der Waals surface area (Å²) in [6, 6.07) is 2.49. The van der Waals surface area contributed by atoms with Gasteiger partial charge in [0.15, 0.2) is 0 Å². The first-order chi connectivity index (χ1) is 32.2. The maximum absolute atomic E-state index is 7.24. The number of hydrogen-bond donors (Lipinski definition) is 0. The molecule has 3 nitrogen and oxygen atoms in total. The molecule has 4 heteroatoms. The monoisotopic (exact) mass is 908 g/mol. The summed E-state index contributed by atoms with van der Waals surface area (Å²) in [4.78, 5) is 3.48. The summed E-state index contributed by atoms with van der Waals surface area (Å²) < 4.78 is 14.2. The maximum atomic E-state index is 7.24. The van der Waals surface area contributed by atoms with Crippen LogP contribution in [0.25, 0.3) is 0 Å². The Morgan fingerprint density at radius 1 is 0.323 bits per heavy atom. The van der Waals surface area contributed by atoms with Gasteiger partial charge in [0.1, 0.15) is 0 Å². The van der Waals surface area contributed by atoms with Crippen molar-refractivity contribution in [2.24, 2.45) is 88.3 Å². The molecule has 0 aromatic carbocycles. The van der Waals surface area contributed by atoms with Crippen LogP contribution in [-0.2, 0) is 9.47 Å². The van der Waals surface area contributed by atoms with Crippen LogP contribution in [-0.4, -0.2) is 57.9 Å². The summed E-state index contributed by atoms with van der Waals surface area (Å²) in [6.45, 7) is 0. The molecular formula is C61H97NO2S. The lowest BCUT2D eigenvalue weighted by atomic mass is 9.48. The second-order valence-corrected chi connectivity index (χ2v) is 28.9. The highest BCUT2D eigenvalue weighted by atomic mass is 32.2. The SMILES string of the molecule is C1CCC(C2(C3CCCCC3)C3CCCCC3C3CCC(N(C4CCC(C5CCCC6C7CCC8OC9CCCCC9C8C7SC56)CC4)C4CCC5C(C4)OC4CCCCC45)CC32)CC1. The van der Waals surface area contributed by atoms with Crippen LogP contribution in [0.1, 0.15) is 238 Å². The number of ether oxygens (including phenoxy) is 2. The van der Waals surface area contributed by atoms with Crippen LogP contribution in [0.2, 0.25) is 0 Å². The van der Waals surface area contributed by atoms with E-state index in [4.69, 9.17) is 9.47 Å². The minimum atomic E-state index is 0.575. The Morgan fingerprint density at radius 2 is 0.846 bits per heavy atom. The van der Waals surface area contributed by atoms with Gasteiger partial charge in [-0.05, 0) is 236 Å². The van der Waals surface area contributed by atoms with E-state index in [0.717, 1.165) is 111 Å². The Morgan fingerprint density at radius 3 is 1.62 bits per heavy atom. The van der Waals surface area contributed by atoms with Crippen LogP contribution in [0, 0.1) is 88.3 Å². The molecule has 14 aliphatic rings. The third-order valence-electron chi connectivity index (χ3n) is 25.6. The fourth-order valence-corrected chi connectivity index (χ4v) is 26.3. The van der Waals surface area contributed by atoms with Crippen molar-refractivity contribution in [1.29, 1.82) is 0 Å². The fourth-order valence-electron chi connectivity index (χ4n) is 23.7. The predicted molar refractivity (Wildman–Crippen MR) is 268 cm³/mol. The summed E-state index contributed by atoms with van der Waals surface area (Å²) in [6.07, 6.45) is 58.8. The molecule has 0 N–H and O–H groups in total. The minimum Gasteiger partial charge on any atom is -0.374 e. The Labute approximate surface area is 403 Å². The Balaban J connectivity index is 0.740. The second-order valence-electron chi connectivity index (χ2n) is 27.6. The summed E-state index contributed by atoms with van der Waals surface area (Å²) in [5.74, 6) is 14.0. The van der Waals surface area contributed by atoms with Gasteiger partial charge in [-0.2, -0.15) is 11.8 Å². The van der Waals surface area contributed by atoms with E-state index >= 15 is 0 Å². The molecule has 3 heterocycles. The second kappa shape index (κ2) is 18.4. The van der Waals surface area contributed by atoms with E-state index in [1.807, 2.05) is 0 Å². The third kappa shape index (κ3) is 7.33. The standard InChI is InChI=1S/C61H97NO2S/c1-3-14-39(15-4-1)61(40-16-5-2-6-17-40)52-23-10-7-18-45(52)46-32-30-42(36-53(46)61)62(43-31-33-48-47-19-8-11-24-54(47)64-57(48)37-43)41-28-26-38(27-29-41)44-21-13-22-49-50-34-35-56-58(60(50)65-59(44)49)51-20-9-12-25-55(51)63-56/h38-60H,1-37H2. The van der Waals surface area contributed by atoms with Crippen molar-refractivity contribution in [1.82, 2.24) is 4.90 Å². The summed E-state index contributed by atoms with van der Waals surface area (Å²) in [5.41, 5.74) is 0.691. The molecule has 0 amide bonds. The maximum Gasteiger partial charge on any atom is 0.0625 e. The fraction of sp³-hybridized carbons (Fsp3) is 1.00. The molecular weight excluding hydrogens is 811 g/mol. The van der Waals surface area contributed by atoms with Crippen LogP contribution >= 0.6 is 11.8 Å². The highest BCUT2D eigenvalue weighted by Crippen LogP contribution is 2.72. The van der Waals surface area contributed by atoms with E-state index in [-0.39, 0.29) is 0 Å². The van der Waals surface area contributed by atoms with Crippen LogP contribution in [0.3, 0.4) is 0 Å². The highest BCUT2D eigenvalue weighted by molar-refractivity contribution is 8.00. The average molecular weight is 909 g/mol. The van der Waals surface area contributed by atoms with E-state index in [0.29, 0.717) is 29.8 Å². The molecule has 11 aliphatic carbocycles. The van der Waals surface area contributed by atoms with E-state index < -0.39 is 0 Å². The van der Waals surface area contributed by atoms with Gasteiger partial charge in [0.05, 0.1) is 24.4 Å². The zero-order valence-corrected chi connectivity index (χ0v) is 42.4. The molecule has 0 spiro atoms. The Bertz CT molecular complexity index is 1610. The van der Waals surface area contributed by atoms with Crippen molar-refractivity contribution in [2.45, 2.75) is 291 Å². The average Bonchev–Trinajstić information content (AvgIpc) is 4.13. The Kier molecular flexibility index (Phi) is 12.4. The number of thioether (sulfide) groups is 1. The van der Waals surface area contributed by atoms with Gasteiger partial charge in [-0.25, -0.2) is 0 Å². The van der Waals surface area contributed by atoms with E-state index in [1.165, 1.54) is 109 Å². The van der Waals surface area contributed by atoms with Crippen molar-refractivity contribution in [3.05, 3.63) is 0 Å². The third-order valence-corrected chi connectivity index (χ3v) is 27.6.